The number of benzene rings is 1. The lowest BCUT2D eigenvalue weighted by Gasteiger charge is -2.00. The molecule has 0 aliphatic heterocycles. The number of hydrogen-bond donors (Lipinski definition) is 1. The van der Waals surface area contributed by atoms with Gasteiger partial charge in [0.2, 0.25) is 0 Å². The van der Waals surface area contributed by atoms with Crippen LogP contribution in [0.3, 0.4) is 0 Å². The van der Waals surface area contributed by atoms with Gasteiger partial charge in [0, 0.05) is 12.4 Å². The Morgan fingerprint density at radius 1 is 1.19 bits per heavy atom. The van der Waals surface area contributed by atoms with Gasteiger partial charge < -0.3 is 4.74 Å². The van der Waals surface area contributed by atoms with Crippen molar-refractivity contribution >= 4 is 43.9 Å². The molecular weight excluding hydrogens is 382 g/mol. The topological polar surface area (TPSA) is 89.9 Å². The number of nitrogens with one attached hydrogen (secondary N) is 1. The second kappa shape index (κ2) is 7.37. The summed E-state index contributed by atoms with van der Waals surface area (Å²) >= 11 is 2.67. The molecule has 0 unspecified atom stereocenters. The summed E-state index contributed by atoms with van der Waals surface area (Å²) in [4.78, 5) is 30.5. The minimum Gasteiger partial charge on any atom is -0.494 e. The maximum absolute atomic E-state index is 12.7. The first-order valence-corrected chi connectivity index (χ1v) is 9.87. The molecule has 0 radical (unpaired) electrons. The van der Waals surface area contributed by atoms with E-state index in [1.54, 1.807) is 25.4 Å². The van der Waals surface area contributed by atoms with E-state index < -0.39 is 0 Å². The molecule has 4 aromatic rings. The van der Waals surface area contributed by atoms with Crippen LogP contribution in [0.25, 0.3) is 21.0 Å². The molecule has 9 heteroatoms. The van der Waals surface area contributed by atoms with Gasteiger partial charge in [-0.1, -0.05) is 11.3 Å². The van der Waals surface area contributed by atoms with Crippen molar-refractivity contribution in [3.8, 4) is 16.6 Å². The van der Waals surface area contributed by atoms with Crippen LogP contribution in [-0.4, -0.2) is 32.4 Å². The summed E-state index contributed by atoms with van der Waals surface area (Å²) in [6, 6.07) is 7.42. The van der Waals surface area contributed by atoms with Crippen LogP contribution in [-0.2, 0) is 0 Å². The van der Waals surface area contributed by atoms with Gasteiger partial charge in [0.15, 0.2) is 16.0 Å². The highest BCUT2D eigenvalue weighted by atomic mass is 32.1. The number of anilines is 1. The van der Waals surface area contributed by atoms with E-state index in [2.05, 4.69) is 25.3 Å². The molecule has 3 heterocycles. The van der Waals surface area contributed by atoms with E-state index in [1.165, 1.54) is 22.7 Å². The number of carbonyl (C=O) groups excluding carboxylic acids is 1. The molecule has 0 spiro atoms. The fourth-order valence-electron chi connectivity index (χ4n) is 2.48. The Hall–Kier alpha value is -2.91. The number of rotatable bonds is 5. The second-order valence-electron chi connectivity index (χ2n) is 5.54. The zero-order valence-electron chi connectivity index (χ0n) is 14.6. The number of ether oxygens (including phenoxy) is 1. The molecule has 7 nitrogen and oxygen atoms in total. The number of hydrogen-bond acceptors (Lipinski definition) is 8. The maximum atomic E-state index is 12.7. The van der Waals surface area contributed by atoms with Crippen molar-refractivity contribution in [1.82, 2.24) is 19.9 Å². The van der Waals surface area contributed by atoms with Gasteiger partial charge in [0.1, 0.15) is 10.6 Å². The monoisotopic (exact) mass is 397 g/mol. The van der Waals surface area contributed by atoms with E-state index in [9.17, 15) is 4.79 Å². The average molecular weight is 397 g/mol. The summed E-state index contributed by atoms with van der Waals surface area (Å²) in [6.07, 6.45) is 3.30. The maximum Gasteiger partial charge on any atom is 0.269 e. The Kier molecular flexibility index (Phi) is 4.78. The predicted octanol–water partition coefficient (Wildman–Crippen LogP) is 4.17. The van der Waals surface area contributed by atoms with Crippen molar-refractivity contribution in [1.29, 1.82) is 0 Å². The molecule has 3 aromatic heterocycles. The average Bonchev–Trinajstić information content (AvgIpc) is 3.25. The SMILES string of the molecule is CCOc1ccc2nc(NC(=O)c3sc(-c4ncccn4)nc3C)sc2c1. The number of aryl methyl sites for hydroxylation is 1. The van der Waals surface area contributed by atoms with Crippen molar-refractivity contribution in [2.24, 2.45) is 0 Å². The third kappa shape index (κ3) is 3.64. The molecule has 1 aromatic carbocycles. The first kappa shape index (κ1) is 17.5. The van der Waals surface area contributed by atoms with E-state index in [0.29, 0.717) is 33.1 Å². The molecule has 0 saturated heterocycles. The van der Waals surface area contributed by atoms with Crippen LogP contribution in [0.2, 0.25) is 0 Å². The summed E-state index contributed by atoms with van der Waals surface area (Å²) in [5.41, 5.74) is 1.46. The van der Waals surface area contributed by atoms with Crippen LogP contribution < -0.4 is 10.1 Å². The molecule has 136 valence electrons. The Morgan fingerprint density at radius 3 is 2.78 bits per heavy atom. The minimum atomic E-state index is -0.240. The molecule has 27 heavy (non-hydrogen) atoms. The number of nitrogens with zero attached hydrogens (tertiary/aromatic N) is 4. The predicted molar refractivity (Wildman–Crippen MR) is 107 cm³/mol. The lowest BCUT2D eigenvalue weighted by atomic mass is 10.3. The Balaban J connectivity index is 1.57. The van der Waals surface area contributed by atoms with Gasteiger partial charge in [0.05, 0.1) is 22.5 Å². The van der Waals surface area contributed by atoms with Gasteiger partial charge in [-0.3, -0.25) is 10.1 Å². The summed E-state index contributed by atoms with van der Waals surface area (Å²) in [5.74, 6) is 1.06. The normalized spacial score (nSPS) is 10.9. The first-order valence-electron chi connectivity index (χ1n) is 8.23. The third-order valence-corrected chi connectivity index (χ3v) is 5.74. The highest BCUT2D eigenvalue weighted by Crippen LogP contribution is 2.31. The van der Waals surface area contributed by atoms with Crippen LogP contribution in [0.1, 0.15) is 22.3 Å². The van der Waals surface area contributed by atoms with Crippen LogP contribution in [0, 0.1) is 6.92 Å². The minimum absolute atomic E-state index is 0.240. The van der Waals surface area contributed by atoms with Gasteiger partial charge in [-0.2, -0.15) is 0 Å². The molecule has 0 fully saturated rings. The van der Waals surface area contributed by atoms with Gasteiger partial charge >= 0.3 is 0 Å². The Morgan fingerprint density at radius 2 is 2.00 bits per heavy atom. The van der Waals surface area contributed by atoms with Crippen molar-refractivity contribution in [2.75, 3.05) is 11.9 Å². The van der Waals surface area contributed by atoms with E-state index >= 15 is 0 Å². The van der Waals surface area contributed by atoms with E-state index in [-0.39, 0.29) is 5.91 Å². The van der Waals surface area contributed by atoms with Crippen LogP contribution >= 0.6 is 22.7 Å². The number of carbonyl (C=O) groups is 1. The fraction of sp³-hybridized carbons (Fsp3) is 0.167. The zero-order chi connectivity index (χ0) is 18.8. The highest BCUT2D eigenvalue weighted by molar-refractivity contribution is 7.22. The van der Waals surface area contributed by atoms with Gasteiger partial charge in [-0.05, 0) is 38.1 Å². The van der Waals surface area contributed by atoms with E-state index in [0.717, 1.165) is 16.0 Å². The fourth-order valence-corrected chi connectivity index (χ4v) is 4.28. The lowest BCUT2D eigenvalue weighted by molar-refractivity contribution is 0.103. The van der Waals surface area contributed by atoms with Crippen molar-refractivity contribution in [3.05, 3.63) is 47.2 Å². The zero-order valence-corrected chi connectivity index (χ0v) is 16.2. The molecule has 1 amide bonds. The number of amides is 1. The van der Waals surface area contributed by atoms with Crippen molar-refractivity contribution in [3.63, 3.8) is 0 Å². The molecule has 0 saturated carbocycles. The molecule has 4 rings (SSSR count). The van der Waals surface area contributed by atoms with Crippen LogP contribution in [0.15, 0.2) is 36.7 Å². The molecular formula is C18H15N5O2S2. The summed E-state index contributed by atoms with van der Waals surface area (Å²) in [6.45, 7) is 4.34. The summed E-state index contributed by atoms with van der Waals surface area (Å²) in [7, 11) is 0. The lowest BCUT2D eigenvalue weighted by Crippen LogP contribution is -2.11. The highest BCUT2D eigenvalue weighted by Gasteiger charge is 2.19. The smallest absolute Gasteiger partial charge is 0.269 e. The first-order chi connectivity index (χ1) is 13.1. The second-order valence-corrected chi connectivity index (χ2v) is 7.57. The number of fused-ring (bicyclic) bond motifs is 1. The quantitative estimate of drug-likeness (QED) is 0.544. The van der Waals surface area contributed by atoms with Crippen molar-refractivity contribution in [2.45, 2.75) is 13.8 Å². The molecule has 0 aliphatic carbocycles. The van der Waals surface area contributed by atoms with Crippen LogP contribution in [0.4, 0.5) is 5.13 Å². The largest absolute Gasteiger partial charge is 0.494 e. The van der Waals surface area contributed by atoms with E-state index in [1.807, 2.05) is 25.1 Å². The molecule has 0 bridgehead atoms. The number of thiazole rings is 2. The summed E-state index contributed by atoms with van der Waals surface area (Å²) in [5, 5.41) is 4.01. The molecule has 0 aliphatic rings. The van der Waals surface area contributed by atoms with Crippen LogP contribution in [0.5, 0.6) is 5.75 Å². The van der Waals surface area contributed by atoms with Gasteiger partial charge in [0.25, 0.3) is 5.91 Å². The van der Waals surface area contributed by atoms with Gasteiger partial charge in [-0.25, -0.2) is 19.9 Å². The summed E-state index contributed by atoms with van der Waals surface area (Å²) < 4.78 is 6.46. The van der Waals surface area contributed by atoms with Gasteiger partial charge in [-0.15, -0.1) is 11.3 Å². The standard InChI is InChI=1S/C18H15N5O2S2/c1-3-25-11-5-6-12-13(9-11)26-18(22-12)23-16(24)14-10(2)21-17(27-14)15-19-7-4-8-20-15/h4-9H,3H2,1-2H3,(H,22,23,24). The number of aromatic nitrogens is 4. The Bertz CT molecular complexity index is 1110. The Labute approximate surface area is 163 Å². The van der Waals surface area contributed by atoms with Crippen molar-refractivity contribution < 1.29 is 9.53 Å². The third-order valence-electron chi connectivity index (χ3n) is 3.65. The molecule has 0 atom stereocenters. The van der Waals surface area contributed by atoms with E-state index in [4.69, 9.17) is 4.74 Å². The molecule has 1 N–H and O–H groups in total.